The van der Waals surface area contributed by atoms with Gasteiger partial charge in [0.1, 0.15) is 5.66 Å². The Hall–Kier alpha value is -1.25. The Bertz CT molecular complexity index is 443. The van der Waals surface area contributed by atoms with E-state index in [1.54, 1.807) is 6.07 Å². The van der Waals surface area contributed by atoms with Crippen molar-refractivity contribution in [1.82, 2.24) is 0 Å². The maximum absolute atomic E-state index is 6.79. The van der Waals surface area contributed by atoms with E-state index in [4.69, 9.17) is 20.3 Å². The molecular formula is C12H16BNO3. The van der Waals surface area contributed by atoms with Crippen molar-refractivity contribution in [2.24, 2.45) is 0 Å². The summed E-state index contributed by atoms with van der Waals surface area (Å²) in [5.41, 5.74) is -0.114. The smallest absolute Gasteiger partial charge is 0.462 e. The summed E-state index contributed by atoms with van der Waals surface area (Å²) in [6, 6.07) is 3.60. The Balaban J connectivity index is 2.18. The number of nitrogens with zero attached hydrogens (tertiary/aromatic N) is 1. The van der Waals surface area contributed by atoms with Crippen LogP contribution in [0.5, 0.6) is 0 Å². The molecule has 1 aliphatic heterocycles. The highest BCUT2D eigenvalue weighted by Gasteiger charge is 2.53. The predicted molar refractivity (Wildman–Crippen MR) is 64.7 cm³/mol. The zero-order valence-electron chi connectivity index (χ0n) is 10.6. The van der Waals surface area contributed by atoms with Crippen LogP contribution in [0.25, 0.3) is 4.85 Å². The van der Waals surface area contributed by atoms with Crippen LogP contribution in [0.2, 0.25) is 0 Å². The van der Waals surface area contributed by atoms with E-state index < -0.39 is 7.12 Å². The Kier molecular flexibility index (Phi) is 2.80. The topological polar surface area (TPSA) is 36.0 Å². The van der Waals surface area contributed by atoms with Gasteiger partial charge < -0.3 is 18.6 Å². The molecule has 1 saturated heterocycles. The van der Waals surface area contributed by atoms with Crippen LogP contribution in [0, 0.1) is 6.57 Å². The van der Waals surface area contributed by atoms with Gasteiger partial charge in [-0.3, -0.25) is 0 Å². The van der Waals surface area contributed by atoms with Crippen LogP contribution < -0.4 is 5.66 Å². The summed E-state index contributed by atoms with van der Waals surface area (Å²) < 4.78 is 17.2. The van der Waals surface area contributed by atoms with Crippen molar-refractivity contribution in [2.45, 2.75) is 45.4 Å². The Morgan fingerprint density at radius 2 is 1.76 bits per heavy atom. The molecular weight excluding hydrogens is 217 g/mol. The molecule has 0 spiro atoms. The first-order valence-electron chi connectivity index (χ1n) is 5.63. The molecule has 17 heavy (non-hydrogen) atoms. The lowest BCUT2D eigenvalue weighted by atomic mass is 9.86. The van der Waals surface area contributed by atoms with E-state index in [1.165, 1.54) is 0 Å². The number of furan rings is 1. The average Bonchev–Trinajstić information content (AvgIpc) is 2.71. The van der Waals surface area contributed by atoms with Gasteiger partial charge in [-0.05, 0) is 39.8 Å². The van der Waals surface area contributed by atoms with Crippen molar-refractivity contribution >= 4 is 12.8 Å². The van der Waals surface area contributed by atoms with E-state index >= 15 is 0 Å². The van der Waals surface area contributed by atoms with E-state index in [0.29, 0.717) is 11.4 Å². The van der Waals surface area contributed by atoms with Crippen molar-refractivity contribution in [3.8, 4) is 0 Å². The summed E-state index contributed by atoms with van der Waals surface area (Å²) >= 11 is 0. The minimum absolute atomic E-state index is 0.250. The second-order valence-electron chi connectivity index (χ2n) is 5.21. The molecule has 1 aromatic rings. The Morgan fingerprint density at radius 3 is 2.29 bits per heavy atom. The molecule has 0 unspecified atom stereocenters. The van der Waals surface area contributed by atoms with E-state index in [0.717, 1.165) is 0 Å². The molecule has 0 amide bonds. The average molecular weight is 233 g/mol. The zero-order chi connectivity index (χ0) is 12.7. The van der Waals surface area contributed by atoms with Crippen LogP contribution in [-0.2, 0) is 15.9 Å². The second kappa shape index (κ2) is 3.90. The molecule has 0 atom stereocenters. The second-order valence-corrected chi connectivity index (χ2v) is 5.21. The normalized spacial score (nSPS) is 21.5. The molecule has 4 nitrogen and oxygen atoms in total. The van der Waals surface area contributed by atoms with Crippen molar-refractivity contribution in [3.05, 3.63) is 29.3 Å². The van der Waals surface area contributed by atoms with Gasteiger partial charge in [-0.25, -0.2) is 6.57 Å². The monoisotopic (exact) mass is 233 g/mol. The highest BCUT2D eigenvalue weighted by molar-refractivity contribution is 6.60. The Labute approximate surface area is 102 Å². The van der Waals surface area contributed by atoms with Crippen LogP contribution in [-0.4, -0.2) is 18.3 Å². The summed E-state index contributed by atoms with van der Waals surface area (Å²) in [5, 5.41) is 0. The highest BCUT2D eigenvalue weighted by atomic mass is 16.7. The summed E-state index contributed by atoms with van der Waals surface area (Å²) in [4.78, 5) is 3.28. The number of rotatable bonds is 2. The zero-order valence-corrected chi connectivity index (χ0v) is 10.6. The third kappa shape index (κ3) is 2.11. The van der Waals surface area contributed by atoms with Gasteiger partial charge in [-0.2, -0.15) is 0 Å². The van der Waals surface area contributed by atoms with Crippen LogP contribution >= 0.6 is 0 Å². The third-order valence-electron chi connectivity index (χ3n) is 3.40. The molecule has 2 heterocycles. The standard InChI is InChI=1S/C12H16BNO3/c1-11(2)12(3,4)17-13(16-11)10-7-6-9(15-10)8-14-5/h6-7H,8H2,1-4H3. The van der Waals surface area contributed by atoms with Gasteiger partial charge in [0.25, 0.3) is 6.54 Å². The van der Waals surface area contributed by atoms with Gasteiger partial charge in [0.2, 0.25) is 0 Å². The predicted octanol–water partition coefficient (Wildman–Crippen LogP) is 2.00. The maximum atomic E-state index is 6.79. The van der Waals surface area contributed by atoms with Crippen LogP contribution in [0.1, 0.15) is 33.5 Å². The van der Waals surface area contributed by atoms with Crippen LogP contribution in [0.4, 0.5) is 0 Å². The minimum atomic E-state index is -0.487. The van der Waals surface area contributed by atoms with E-state index in [1.807, 2.05) is 33.8 Å². The fraction of sp³-hybridized carbons (Fsp3) is 0.583. The van der Waals surface area contributed by atoms with Crippen molar-refractivity contribution < 1.29 is 13.7 Å². The molecule has 0 aromatic carbocycles. The molecule has 2 rings (SSSR count). The quantitative estimate of drug-likeness (QED) is 0.579. The summed E-state index contributed by atoms with van der Waals surface area (Å²) in [7, 11) is -0.487. The molecule has 5 heteroatoms. The number of hydrogen-bond acceptors (Lipinski definition) is 3. The van der Waals surface area contributed by atoms with E-state index in [-0.39, 0.29) is 17.7 Å². The fourth-order valence-corrected chi connectivity index (χ4v) is 1.64. The van der Waals surface area contributed by atoms with Gasteiger partial charge >= 0.3 is 7.12 Å². The lowest BCUT2D eigenvalue weighted by Crippen LogP contribution is -2.41. The Morgan fingerprint density at radius 1 is 1.18 bits per heavy atom. The summed E-state index contributed by atoms with van der Waals surface area (Å²) in [6.07, 6.45) is 0. The number of hydrogen-bond donors (Lipinski definition) is 0. The molecule has 90 valence electrons. The minimum Gasteiger partial charge on any atom is -0.462 e. The first kappa shape index (κ1) is 12.2. The maximum Gasteiger partial charge on any atom is 0.532 e. The van der Waals surface area contributed by atoms with Gasteiger partial charge in [0.15, 0.2) is 5.76 Å². The first-order chi connectivity index (χ1) is 7.86. The molecule has 0 aliphatic carbocycles. The molecule has 1 fully saturated rings. The fourth-order valence-electron chi connectivity index (χ4n) is 1.64. The molecule has 1 aliphatic rings. The highest BCUT2D eigenvalue weighted by Crippen LogP contribution is 2.36. The molecule has 0 saturated carbocycles. The van der Waals surface area contributed by atoms with Gasteiger partial charge in [0.05, 0.1) is 11.2 Å². The van der Waals surface area contributed by atoms with Crippen molar-refractivity contribution in [3.63, 3.8) is 0 Å². The van der Waals surface area contributed by atoms with E-state index in [2.05, 4.69) is 4.85 Å². The van der Waals surface area contributed by atoms with Crippen molar-refractivity contribution in [1.29, 1.82) is 0 Å². The van der Waals surface area contributed by atoms with Gasteiger partial charge in [0, 0.05) is 0 Å². The summed E-state index contributed by atoms with van der Waals surface area (Å²) in [5.74, 6) is 0.643. The molecule has 0 N–H and O–H groups in total. The molecule has 0 radical (unpaired) electrons. The van der Waals surface area contributed by atoms with Crippen LogP contribution in [0.3, 0.4) is 0 Å². The lowest BCUT2D eigenvalue weighted by Gasteiger charge is -2.32. The third-order valence-corrected chi connectivity index (χ3v) is 3.40. The first-order valence-corrected chi connectivity index (χ1v) is 5.63. The molecule has 1 aromatic heterocycles. The largest absolute Gasteiger partial charge is 0.532 e. The van der Waals surface area contributed by atoms with Crippen LogP contribution in [0.15, 0.2) is 16.5 Å². The lowest BCUT2D eigenvalue weighted by molar-refractivity contribution is 0.00578. The van der Waals surface area contributed by atoms with E-state index in [9.17, 15) is 0 Å². The summed E-state index contributed by atoms with van der Waals surface area (Å²) in [6.45, 7) is 15.0. The molecule has 0 bridgehead atoms. The van der Waals surface area contributed by atoms with Gasteiger partial charge in [-0.15, -0.1) is 0 Å². The van der Waals surface area contributed by atoms with Crippen molar-refractivity contribution in [2.75, 3.05) is 0 Å². The van der Waals surface area contributed by atoms with Gasteiger partial charge in [-0.1, -0.05) is 0 Å². The SMILES string of the molecule is [C-]#[N+]Cc1ccc(B2OC(C)(C)C(C)(C)O2)o1.